The quantitative estimate of drug-likeness (QED) is 0.478. The third-order valence-corrected chi connectivity index (χ3v) is 6.32. The van der Waals surface area contributed by atoms with Crippen LogP contribution in [-0.4, -0.2) is 37.7 Å². The monoisotopic (exact) mass is 538 g/mol. The van der Waals surface area contributed by atoms with E-state index in [2.05, 4.69) is 21.2 Å². The van der Waals surface area contributed by atoms with E-state index < -0.39 is 35.3 Å². The number of quaternary nitrogens is 1. The molecule has 1 heterocycles. The lowest BCUT2D eigenvalue weighted by atomic mass is 10.0. The topological polar surface area (TPSA) is 90.7 Å². The SMILES string of the molecule is COc1ccc2c(Br)cccc2c1C[N+]1(OC(=O)C(F)(F)F)C(=O)[C@@H](N)CNc2ccccc21. The molecule has 1 aliphatic rings. The fourth-order valence-electron chi connectivity index (χ4n) is 4.05. The van der Waals surface area contributed by atoms with Crippen LogP contribution in [0.3, 0.4) is 0 Å². The van der Waals surface area contributed by atoms with Gasteiger partial charge in [-0.25, -0.2) is 9.59 Å². The van der Waals surface area contributed by atoms with Gasteiger partial charge in [0.25, 0.3) is 0 Å². The largest absolute Gasteiger partial charge is 0.497 e. The van der Waals surface area contributed by atoms with Crippen LogP contribution in [0.4, 0.5) is 24.5 Å². The van der Waals surface area contributed by atoms with Gasteiger partial charge in [-0.1, -0.05) is 40.2 Å². The van der Waals surface area contributed by atoms with Crippen LogP contribution in [0.25, 0.3) is 10.8 Å². The van der Waals surface area contributed by atoms with Gasteiger partial charge in [-0.2, -0.15) is 13.2 Å². The number of methoxy groups -OCH3 is 1. The van der Waals surface area contributed by atoms with E-state index in [1.54, 1.807) is 42.5 Å². The summed E-state index contributed by atoms with van der Waals surface area (Å²) < 4.78 is 45.0. The van der Waals surface area contributed by atoms with Gasteiger partial charge in [0.2, 0.25) is 5.69 Å². The van der Waals surface area contributed by atoms with E-state index in [4.69, 9.17) is 15.3 Å². The second-order valence-corrected chi connectivity index (χ2v) is 8.55. The summed E-state index contributed by atoms with van der Waals surface area (Å²) in [6, 6.07) is 13.6. The molecule has 0 aromatic heterocycles. The molecule has 0 radical (unpaired) electrons. The number of nitrogens with two attached hydrogens (primary N) is 1. The highest BCUT2D eigenvalue weighted by Crippen LogP contribution is 2.42. The minimum atomic E-state index is -5.34. The zero-order valence-corrected chi connectivity index (χ0v) is 19.4. The minimum Gasteiger partial charge on any atom is -0.496 e. The Morgan fingerprint density at radius 3 is 2.59 bits per heavy atom. The second-order valence-electron chi connectivity index (χ2n) is 7.70. The summed E-state index contributed by atoms with van der Waals surface area (Å²) in [5.41, 5.74) is 6.75. The molecule has 1 amide bonds. The van der Waals surface area contributed by atoms with E-state index in [0.29, 0.717) is 22.4 Å². The Bertz CT molecular complexity index is 1280. The van der Waals surface area contributed by atoms with Crippen molar-refractivity contribution in [1.29, 1.82) is 0 Å². The molecule has 34 heavy (non-hydrogen) atoms. The summed E-state index contributed by atoms with van der Waals surface area (Å²) in [5.74, 6) is -3.11. The van der Waals surface area contributed by atoms with Crippen LogP contribution < -0.4 is 20.4 Å². The summed E-state index contributed by atoms with van der Waals surface area (Å²) in [4.78, 5) is 30.8. The maximum atomic E-state index is 13.6. The molecular weight excluding hydrogens is 519 g/mol. The molecule has 3 N–H and O–H groups in total. The Balaban J connectivity index is 2.02. The number of para-hydroxylation sites is 2. The molecule has 2 atom stereocenters. The highest BCUT2D eigenvalue weighted by Gasteiger charge is 2.56. The number of carbonyl (C=O) groups excluding carboxylic acids is 2. The van der Waals surface area contributed by atoms with Crippen LogP contribution in [0.5, 0.6) is 5.75 Å². The molecule has 0 fully saturated rings. The molecule has 1 aliphatic heterocycles. The van der Waals surface area contributed by atoms with Gasteiger partial charge in [0.05, 0.1) is 12.7 Å². The van der Waals surface area contributed by atoms with Gasteiger partial charge in [0.1, 0.15) is 17.5 Å². The average Bonchev–Trinajstić information content (AvgIpc) is 2.90. The van der Waals surface area contributed by atoms with Crippen LogP contribution in [0.15, 0.2) is 59.1 Å². The maximum absolute atomic E-state index is 13.6. The number of carbonyl (C=O) groups is 2. The van der Waals surface area contributed by atoms with Crippen molar-refractivity contribution < 1.29 is 32.3 Å². The fraction of sp³-hybridized carbons (Fsp3) is 0.217. The normalized spacial score (nSPS) is 20.3. The van der Waals surface area contributed by atoms with Crippen molar-refractivity contribution in [1.82, 2.24) is 4.65 Å². The van der Waals surface area contributed by atoms with Crippen molar-refractivity contribution in [2.75, 3.05) is 19.0 Å². The first-order valence-electron chi connectivity index (χ1n) is 10.1. The molecule has 3 aromatic rings. The van der Waals surface area contributed by atoms with Crippen LogP contribution >= 0.6 is 15.9 Å². The zero-order chi connectivity index (χ0) is 24.7. The number of halogens is 4. The van der Waals surface area contributed by atoms with Crippen molar-refractivity contribution in [3.63, 3.8) is 0 Å². The molecule has 0 saturated heterocycles. The average molecular weight is 539 g/mol. The van der Waals surface area contributed by atoms with E-state index in [1.165, 1.54) is 19.2 Å². The van der Waals surface area contributed by atoms with Crippen LogP contribution in [0, 0.1) is 0 Å². The van der Waals surface area contributed by atoms with Gasteiger partial charge in [0.15, 0.2) is 6.54 Å². The van der Waals surface area contributed by atoms with Gasteiger partial charge in [-0.05, 0) is 39.7 Å². The number of hydrogen-bond acceptors (Lipinski definition) is 6. The first-order valence-corrected chi connectivity index (χ1v) is 10.9. The Hall–Kier alpha value is -3.15. The van der Waals surface area contributed by atoms with E-state index in [1.807, 2.05) is 0 Å². The van der Waals surface area contributed by atoms with Crippen molar-refractivity contribution in [3.05, 3.63) is 64.6 Å². The number of ether oxygens (including phenoxy) is 1. The van der Waals surface area contributed by atoms with Gasteiger partial charge >= 0.3 is 18.1 Å². The Morgan fingerprint density at radius 1 is 1.15 bits per heavy atom. The number of anilines is 1. The van der Waals surface area contributed by atoms with E-state index in [9.17, 15) is 22.8 Å². The fourth-order valence-corrected chi connectivity index (χ4v) is 4.55. The molecule has 0 bridgehead atoms. The van der Waals surface area contributed by atoms with Gasteiger partial charge in [0, 0.05) is 17.1 Å². The lowest BCUT2D eigenvalue weighted by Gasteiger charge is -2.33. The number of fused-ring (bicyclic) bond motifs is 2. The lowest BCUT2D eigenvalue weighted by Crippen LogP contribution is -2.61. The predicted octanol–water partition coefficient (Wildman–Crippen LogP) is 4.42. The van der Waals surface area contributed by atoms with Crippen molar-refractivity contribution in [2.24, 2.45) is 5.73 Å². The van der Waals surface area contributed by atoms with Gasteiger partial charge in [-0.15, -0.1) is 0 Å². The standard InChI is InChI=1S/C23H20BrF3N3O4/c1-33-20-10-9-14-13(5-4-6-16(14)24)15(20)12-30(34-22(32)23(25,26)27)19-8-3-2-7-18(19)29-11-17(28)21(30)31/h2-10,17,29H,11-12,28H2,1H3/q+1/t17-,30?/m0/s1. The molecule has 0 saturated carbocycles. The summed E-state index contributed by atoms with van der Waals surface area (Å²) in [7, 11) is 1.40. The first kappa shape index (κ1) is 24.0. The minimum absolute atomic E-state index is 0.0205. The number of amides is 1. The molecule has 1 unspecified atom stereocenters. The number of hydroxylamine groups is 2. The molecule has 4 rings (SSSR count). The van der Waals surface area contributed by atoms with Crippen LogP contribution in [0.2, 0.25) is 0 Å². The van der Waals surface area contributed by atoms with Crippen LogP contribution in [0.1, 0.15) is 5.56 Å². The Morgan fingerprint density at radius 2 is 1.88 bits per heavy atom. The summed E-state index contributed by atoms with van der Waals surface area (Å²) in [6.07, 6.45) is -5.34. The Labute approximate surface area is 200 Å². The zero-order valence-electron chi connectivity index (χ0n) is 17.9. The molecule has 0 spiro atoms. The predicted molar refractivity (Wildman–Crippen MR) is 124 cm³/mol. The first-order chi connectivity index (χ1) is 16.1. The number of hydrogen-bond donors (Lipinski definition) is 2. The maximum Gasteiger partial charge on any atom is 0.497 e. The molecule has 11 heteroatoms. The Kier molecular flexibility index (Phi) is 6.28. The van der Waals surface area contributed by atoms with Crippen molar-refractivity contribution in [2.45, 2.75) is 18.8 Å². The number of nitrogens with zero attached hydrogens (tertiary/aromatic N) is 1. The van der Waals surface area contributed by atoms with E-state index >= 15 is 0 Å². The number of alkyl halides is 3. The highest BCUT2D eigenvalue weighted by atomic mass is 79.9. The lowest BCUT2D eigenvalue weighted by molar-refractivity contribution is -0.235. The highest BCUT2D eigenvalue weighted by molar-refractivity contribution is 9.10. The second kappa shape index (κ2) is 8.90. The molecular formula is C23H20BrF3N3O4+. The number of benzene rings is 3. The molecule has 7 nitrogen and oxygen atoms in total. The molecule has 3 aromatic carbocycles. The summed E-state index contributed by atoms with van der Waals surface area (Å²) in [5, 5.41) is 4.30. The van der Waals surface area contributed by atoms with Crippen molar-refractivity contribution >= 4 is 50.0 Å². The molecule has 0 aliphatic carbocycles. The summed E-state index contributed by atoms with van der Waals surface area (Å²) in [6.45, 7) is -0.540. The number of rotatable bonds is 4. The third kappa shape index (κ3) is 4.10. The van der Waals surface area contributed by atoms with Gasteiger partial charge < -0.3 is 15.8 Å². The number of nitrogens with one attached hydrogen (secondary N) is 1. The van der Waals surface area contributed by atoms with E-state index in [0.717, 1.165) is 9.86 Å². The van der Waals surface area contributed by atoms with Crippen LogP contribution in [-0.2, 0) is 21.0 Å². The van der Waals surface area contributed by atoms with Crippen molar-refractivity contribution in [3.8, 4) is 5.75 Å². The van der Waals surface area contributed by atoms with Gasteiger partial charge in [-0.3, -0.25) is 4.84 Å². The molecule has 178 valence electrons. The third-order valence-electron chi connectivity index (χ3n) is 5.63. The smallest absolute Gasteiger partial charge is 0.496 e. The summed E-state index contributed by atoms with van der Waals surface area (Å²) >= 11 is 3.47. The van der Waals surface area contributed by atoms with E-state index in [-0.39, 0.29) is 12.2 Å².